The maximum Gasteiger partial charge on any atom is 0.264 e. The topological polar surface area (TPSA) is 41.5 Å². The molecule has 0 aliphatic carbocycles. The number of benzene rings is 2. The van der Waals surface area contributed by atoms with Crippen molar-refractivity contribution in [2.75, 3.05) is 0 Å². The molecule has 1 aliphatic rings. The fourth-order valence-corrected chi connectivity index (χ4v) is 3.18. The minimum Gasteiger partial charge on any atom is -0.300 e. The smallest absolute Gasteiger partial charge is 0.264 e. The van der Waals surface area contributed by atoms with Crippen molar-refractivity contribution in [3.05, 3.63) is 68.8 Å². The Bertz CT molecular complexity index is 852. The van der Waals surface area contributed by atoms with E-state index in [1.807, 2.05) is 0 Å². The molecule has 23 heavy (non-hydrogen) atoms. The first-order chi connectivity index (χ1) is 11.0. The second-order valence-corrected chi connectivity index (χ2v) is 6.47. The van der Waals surface area contributed by atoms with Gasteiger partial charge in [0.05, 0.1) is 4.91 Å². The van der Waals surface area contributed by atoms with Crippen LogP contribution in [0.1, 0.15) is 5.56 Å². The molecule has 2 aromatic rings. The molecule has 2 aromatic carbocycles. The van der Waals surface area contributed by atoms with Crippen LogP contribution in [0.3, 0.4) is 0 Å². The minimum atomic E-state index is -0.451. The first-order valence-corrected chi connectivity index (χ1v) is 8.09. The zero-order valence-corrected chi connectivity index (χ0v) is 13.8. The van der Waals surface area contributed by atoms with E-state index in [0.717, 1.165) is 11.8 Å². The van der Waals surface area contributed by atoms with Gasteiger partial charge in [-0.2, -0.15) is 0 Å². The normalized spacial score (nSPS) is 17.8. The highest BCUT2D eigenvalue weighted by atomic mass is 35.5. The van der Waals surface area contributed by atoms with Gasteiger partial charge in [-0.3, -0.25) is 4.79 Å². The largest absolute Gasteiger partial charge is 0.300 e. The molecular formula is C16H9Cl2FN2OS. The summed E-state index contributed by atoms with van der Waals surface area (Å²) in [6.07, 6.45) is 1.64. The SMILES string of the molecule is O=C1NC(=Nc2ccccc2F)S/C1=C\c1ccc(Cl)cc1Cl. The van der Waals surface area contributed by atoms with Gasteiger partial charge < -0.3 is 5.32 Å². The summed E-state index contributed by atoms with van der Waals surface area (Å²) in [4.78, 5) is 16.5. The molecule has 0 bridgehead atoms. The first kappa shape index (κ1) is 16.1. The molecule has 1 amide bonds. The molecule has 0 radical (unpaired) electrons. The summed E-state index contributed by atoms with van der Waals surface area (Å²) in [5.74, 6) is -0.760. The van der Waals surface area contributed by atoms with Gasteiger partial charge in [0.1, 0.15) is 11.5 Å². The van der Waals surface area contributed by atoms with Gasteiger partial charge in [-0.05, 0) is 47.7 Å². The molecule has 7 heteroatoms. The zero-order valence-electron chi connectivity index (χ0n) is 11.5. The second-order valence-electron chi connectivity index (χ2n) is 4.60. The van der Waals surface area contributed by atoms with E-state index in [-0.39, 0.29) is 11.6 Å². The highest BCUT2D eigenvalue weighted by Gasteiger charge is 2.24. The van der Waals surface area contributed by atoms with Crippen molar-refractivity contribution in [1.29, 1.82) is 0 Å². The molecule has 1 heterocycles. The Morgan fingerprint density at radius 1 is 1.17 bits per heavy atom. The summed E-state index contributed by atoms with van der Waals surface area (Å²) < 4.78 is 13.6. The molecule has 1 saturated heterocycles. The van der Waals surface area contributed by atoms with E-state index in [0.29, 0.717) is 25.7 Å². The Morgan fingerprint density at radius 3 is 2.70 bits per heavy atom. The Labute approximate surface area is 146 Å². The number of nitrogens with one attached hydrogen (secondary N) is 1. The molecular weight excluding hydrogens is 358 g/mol. The highest BCUT2D eigenvalue weighted by Crippen LogP contribution is 2.31. The Hall–Kier alpha value is -1.82. The zero-order chi connectivity index (χ0) is 16.4. The number of amides is 1. The summed E-state index contributed by atoms with van der Waals surface area (Å²) in [6.45, 7) is 0. The number of aliphatic imine (C=N–C) groups is 1. The average Bonchev–Trinajstić information content (AvgIpc) is 2.84. The molecule has 1 fully saturated rings. The van der Waals surface area contributed by atoms with E-state index in [1.165, 1.54) is 12.1 Å². The van der Waals surface area contributed by atoms with E-state index in [1.54, 1.807) is 36.4 Å². The predicted octanol–water partition coefficient (Wildman–Crippen LogP) is 5.02. The van der Waals surface area contributed by atoms with Gasteiger partial charge in [0.25, 0.3) is 5.91 Å². The molecule has 1 N–H and O–H groups in total. The van der Waals surface area contributed by atoms with Gasteiger partial charge in [0, 0.05) is 10.0 Å². The molecule has 0 aromatic heterocycles. The number of para-hydroxylation sites is 1. The first-order valence-electron chi connectivity index (χ1n) is 6.52. The third-order valence-electron chi connectivity index (χ3n) is 2.97. The Balaban J connectivity index is 1.88. The van der Waals surface area contributed by atoms with Gasteiger partial charge in [0.2, 0.25) is 0 Å². The van der Waals surface area contributed by atoms with Crippen molar-refractivity contribution >= 4 is 57.8 Å². The van der Waals surface area contributed by atoms with Crippen LogP contribution in [0, 0.1) is 5.82 Å². The van der Waals surface area contributed by atoms with Crippen LogP contribution in [-0.2, 0) is 4.79 Å². The van der Waals surface area contributed by atoms with Gasteiger partial charge in [-0.15, -0.1) is 0 Å². The third kappa shape index (κ3) is 3.75. The molecule has 0 atom stereocenters. The lowest BCUT2D eigenvalue weighted by Gasteiger charge is -1.99. The van der Waals surface area contributed by atoms with Crippen molar-refractivity contribution in [1.82, 2.24) is 5.32 Å². The van der Waals surface area contributed by atoms with Gasteiger partial charge in [-0.1, -0.05) is 41.4 Å². The Kier molecular flexibility index (Phi) is 4.71. The molecule has 0 unspecified atom stereocenters. The van der Waals surface area contributed by atoms with Crippen molar-refractivity contribution in [2.24, 2.45) is 4.99 Å². The molecule has 0 spiro atoms. The molecule has 3 rings (SSSR count). The maximum atomic E-state index is 13.6. The summed E-state index contributed by atoms with van der Waals surface area (Å²) in [6, 6.07) is 11.1. The molecule has 3 nitrogen and oxygen atoms in total. The average molecular weight is 367 g/mol. The van der Waals surface area contributed by atoms with E-state index in [2.05, 4.69) is 10.3 Å². The molecule has 0 saturated carbocycles. The lowest BCUT2D eigenvalue weighted by molar-refractivity contribution is -0.115. The van der Waals surface area contributed by atoms with Crippen LogP contribution in [-0.4, -0.2) is 11.1 Å². The van der Waals surface area contributed by atoms with Crippen LogP contribution in [0.5, 0.6) is 0 Å². The monoisotopic (exact) mass is 366 g/mol. The summed E-state index contributed by atoms with van der Waals surface area (Å²) in [7, 11) is 0. The van der Waals surface area contributed by atoms with E-state index >= 15 is 0 Å². The summed E-state index contributed by atoms with van der Waals surface area (Å²) >= 11 is 13.1. The van der Waals surface area contributed by atoms with E-state index in [9.17, 15) is 9.18 Å². The number of halogens is 3. The predicted molar refractivity (Wildman–Crippen MR) is 93.7 cm³/mol. The third-order valence-corrected chi connectivity index (χ3v) is 4.45. The lowest BCUT2D eigenvalue weighted by Crippen LogP contribution is -2.19. The van der Waals surface area contributed by atoms with E-state index in [4.69, 9.17) is 23.2 Å². The fourth-order valence-electron chi connectivity index (χ4n) is 1.89. The standard InChI is InChI=1S/C16H9Cl2FN2OS/c17-10-6-5-9(11(18)8-10)7-14-15(22)21-16(23-14)20-13-4-2-1-3-12(13)19/h1-8H,(H,20,21,22)/b14-7-. The number of carbonyl (C=O) groups excluding carboxylic acids is 1. The van der Waals surface area contributed by atoms with Gasteiger partial charge >= 0.3 is 0 Å². The number of hydrogen-bond acceptors (Lipinski definition) is 3. The molecule has 116 valence electrons. The number of amidine groups is 1. The van der Waals surface area contributed by atoms with Crippen LogP contribution in [0.25, 0.3) is 6.08 Å². The second kappa shape index (κ2) is 6.74. The minimum absolute atomic E-state index is 0.168. The number of nitrogens with zero attached hydrogens (tertiary/aromatic N) is 1. The number of thioether (sulfide) groups is 1. The van der Waals surface area contributed by atoms with Gasteiger partial charge in [0.15, 0.2) is 5.17 Å². The number of carbonyl (C=O) groups is 1. The van der Waals surface area contributed by atoms with Crippen molar-refractivity contribution < 1.29 is 9.18 Å². The van der Waals surface area contributed by atoms with Crippen LogP contribution >= 0.6 is 35.0 Å². The van der Waals surface area contributed by atoms with Crippen LogP contribution < -0.4 is 5.32 Å². The maximum absolute atomic E-state index is 13.6. The molecule has 1 aliphatic heterocycles. The van der Waals surface area contributed by atoms with Crippen LogP contribution in [0.4, 0.5) is 10.1 Å². The van der Waals surface area contributed by atoms with Crippen molar-refractivity contribution in [3.8, 4) is 0 Å². The summed E-state index contributed by atoms with van der Waals surface area (Å²) in [5, 5.41) is 3.88. The highest BCUT2D eigenvalue weighted by molar-refractivity contribution is 8.18. The number of hydrogen-bond donors (Lipinski definition) is 1. The quantitative estimate of drug-likeness (QED) is 0.757. The Morgan fingerprint density at radius 2 is 1.96 bits per heavy atom. The lowest BCUT2D eigenvalue weighted by atomic mass is 10.2. The fraction of sp³-hybridized carbons (Fsp3) is 0. The van der Waals surface area contributed by atoms with Crippen LogP contribution in [0.15, 0.2) is 52.4 Å². The number of rotatable bonds is 2. The summed E-state index contributed by atoms with van der Waals surface area (Å²) in [5.41, 5.74) is 0.835. The van der Waals surface area contributed by atoms with Crippen molar-refractivity contribution in [3.63, 3.8) is 0 Å². The van der Waals surface area contributed by atoms with Gasteiger partial charge in [-0.25, -0.2) is 9.38 Å². The van der Waals surface area contributed by atoms with Crippen molar-refractivity contribution in [2.45, 2.75) is 0 Å². The van der Waals surface area contributed by atoms with E-state index < -0.39 is 5.82 Å². The van der Waals surface area contributed by atoms with Crippen LogP contribution in [0.2, 0.25) is 10.0 Å².